The minimum absolute atomic E-state index is 0.115. The van der Waals surface area contributed by atoms with Crippen LogP contribution in [0.15, 0.2) is 36.4 Å². The van der Waals surface area contributed by atoms with Crippen molar-refractivity contribution in [3.8, 4) is 6.07 Å². The van der Waals surface area contributed by atoms with Crippen molar-refractivity contribution >= 4 is 17.4 Å². The first-order valence-corrected chi connectivity index (χ1v) is 9.56. The van der Waals surface area contributed by atoms with Gasteiger partial charge in [0.05, 0.1) is 11.7 Å². The third-order valence-electron chi connectivity index (χ3n) is 4.98. The number of alkyl halides is 3. The first-order valence-electron chi connectivity index (χ1n) is 9.18. The summed E-state index contributed by atoms with van der Waals surface area (Å²) in [7, 11) is 0. The zero-order chi connectivity index (χ0) is 21.0. The van der Waals surface area contributed by atoms with Crippen LogP contribution in [-0.4, -0.2) is 35.8 Å². The second-order valence-electron chi connectivity index (χ2n) is 6.90. The smallest absolute Gasteiger partial charge is 0.387 e. The summed E-state index contributed by atoms with van der Waals surface area (Å²) >= 11 is 5.83. The lowest BCUT2D eigenvalue weighted by Crippen LogP contribution is -2.44. The fourth-order valence-corrected chi connectivity index (χ4v) is 3.61. The van der Waals surface area contributed by atoms with Gasteiger partial charge in [0, 0.05) is 25.7 Å². The van der Waals surface area contributed by atoms with E-state index < -0.39 is 28.6 Å². The maximum absolute atomic E-state index is 13.3. The minimum Gasteiger partial charge on any atom is -0.387 e. The number of pyridine rings is 1. The monoisotopic (exact) mass is 424 g/mol. The Morgan fingerprint density at radius 2 is 1.93 bits per heavy atom. The van der Waals surface area contributed by atoms with Crippen molar-refractivity contribution in [1.82, 2.24) is 10.3 Å². The molecule has 0 spiro atoms. The molecule has 1 aliphatic heterocycles. The van der Waals surface area contributed by atoms with Crippen LogP contribution in [0.5, 0.6) is 0 Å². The summed E-state index contributed by atoms with van der Waals surface area (Å²) < 4.78 is 39.8. The van der Waals surface area contributed by atoms with Crippen molar-refractivity contribution in [2.24, 2.45) is 0 Å². The molecule has 0 saturated carbocycles. The Balaban J connectivity index is 1.61. The van der Waals surface area contributed by atoms with Gasteiger partial charge in [0.25, 0.3) is 0 Å². The molecule has 1 saturated heterocycles. The largest absolute Gasteiger partial charge is 0.417 e. The van der Waals surface area contributed by atoms with Crippen molar-refractivity contribution < 1.29 is 18.3 Å². The number of rotatable bonds is 5. The molecule has 9 heteroatoms. The van der Waals surface area contributed by atoms with E-state index in [1.54, 1.807) is 4.90 Å². The van der Waals surface area contributed by atoms with E-state index in [2.05, 4.69) is 10.3 Å². The predicted molar refractivity (Wildman–Crippen MR) is 104 cm³/mol. The number of aliphatic hydroxyl groups is 1. The van der Waals surface area contributed by atoms with Crippen molar-refractivity contribution in [2.45, 2.75) is 31.2 Å². The highest BCUT2D eigenvalue weighted by molar-refractivity contribution is 6.30. The van der Waals surface area contributed by atoms with Gasteiger partial charge in [-0.3, -0.25) is 0 Å². The highest BCUT2D eigenvalue weighted by Crippen LogP contribution is 2.36. The van der Waals surface area contributed by atoms with Crippen LogP contribution in [0.4, 0.5) is 19.0 Å². The van der Waals surface area contributed by atoms with Crippen LogP contribution >= 0.6 is 11.6 Å². The zero-order valence-corrected chi connectivity index (χ0v) is 16.2. The summed E-state index contributed by atoms with van der Waals surface area (Å²) in [5.41, 5.74) is -0.899. The van der Waals surface area contributed by atoms with Crippen LogP contribution in [0.1, 0.15) is 35.6 Å². The molecule has 2 N–H and O–H groups in total. The molecule has 5 nitrogen and oxygen atoms in total. The number of halogens is 4. The normalized spacial score (nSPS) is 16.5. The minimum atomic E-state index is -4.68. The quantitative estimate of drug-likeness (QED) is 0.712. The molecule has 2 heterocycles. The molecule has 2 aromatic rings. The van der Waals surface area contributed by atoms with Gasteiger partial charge in [-0.25, -0.2) is 4.98 Å². The van der Waals surface area contributed by atoms with E-state index in [-0.39, 0.29) is 11.9 Å². The van der Waals surface area contributed by atoms with Gasteiger partial charge < -0.3 is 15.3 Å². The molecule has 1 aliphatic rings. The molecule has 3 rings (SSSR count). The van der Waals surface area contributed by atoms with Gasteiger partial charge in [0.2, 0.25) is 0 Å². The van der Waals surface area contributed by atoms with Gasteiger partial charge in [-0.15, -0.1) is 0 Å². The topological polar surface area (TPSA) is 72.2 Å². The first-order chi connectivity index (χ1) is 13.8. The van der Waals surface area contributed by atoms with Crippen LogP contribution in [0.25, 0.3) is 0 Å². The second kappa shape index (κ2) is 8.99. The lowest BCUT2D eigenvalue weighted by molar-refractivity contribution is -0.137. The van der Waals surface area contributed by atoms with Crippen molar-refractivity contribution in [1.29, 1.82) is 5.26 Å². The molecule has 0 bridgehead atoms. The average molecular weight is 425 g/mol. The Morgan fingerprint density at radius 3 is 2.52 bits per heavy atom. The standard InChI is InChI=1S/C20H20ClF3N4O/c21-19-15(11-25)16(20(22,23)24)10-18(27-19)28-8-6-14(7-9-28)26-12-17(29)13-4-2-1-3-5-13/h1-5,10,14,17,26,29H,6-9,12H2. The number of hydrogen-bond donors (Lipinski definition) is 2. The average Bonchev–Trinajstić information content (AvgIpc) is 2.71. The van der Waals surface area contributed by atoms with Gasteiger partial charge in [0.1, 0.15) is 22.6 Å². The van der Waals surface area contributed by atoms with E-state index in [1.165, 1.54) is 6.07 Å². The Kier molecular flexibility index (Phi) is 6.63. The number of hydrogen-bond acceptors (Lipinski definition) is 5. The molecule has 29 heavy (non-hydrogen) atoms. The number of aromatic nitrogens is 1. The lowest BCUT2D eigenvalue weighted by atomic mass is 10.0. The van der Waals surface area contributed by atoms with Gasteiger partial charge in [0.15, 0.2) is 0 Å². The third-order valence-corrected chi connectivity index (χ3v) is 5.26. The first kappa shape index (κ1) is 21.4. The summed E-state index contributed by atoms with van der Waals surface area (Å²) in [6.45, 7) is 1.38. The van der Waals surface area contributed by atoms with E-state index in [1.807, 2.05) is 30.3 Å². The maximum atomic E-state index is 13.3. The van der Waals surface area contributed by atoms with Crippen LogP contribution in [0.2, 0.25) is 5.15 Å². The highest BCUT2D eigenvalue weighted by Gasteiger charge is 2.36. The lowest BCUT2D eigenvalue weighted by Gasteiger charge is -2.34. The van der Waals surface area contributed by atoms with E-state index in [4.69, 9.17) is 16.9 Å². The summed E-state index contributed by atoms with van der Waals surface area (Å²) in [5.74, 6) is 0.115. The van der Waals surface area contributed by atoms with Gasteiger partial charge >= 0.3 is 6.18 Å². The highest BCUT2D eigenvalue weighted by atomic mass is 35.5. The number of anilines is 1. The summed E-state index contributed by atoms with van der Waals surface area (Å²) in [5, 5.41) is 22.1. The van der Waals surface area contributed by atoms with Crippen molar-refractivity contribution in [3.63, 3.8) is 0 Å². The molecule has 1 fully saturated rings. The molecule has 1 aromatic heterocycles. The molecular weight excluding hydrogens is 405 g/mol. The van der Waals surface area contributed by atoms with Crippen LogP contribution < -0.4 is 10.2 Å². The Morgan fingerprint density at radius 1 is 1.28 bits per heavy atom. The molecule has 1 atom stereocenters. The van der Waals surface area contributed by atoms with Crippen molar-refractivity contribution in [2.75, 3.05) is 24.5 Å². The maximum Gasteiger partial charge on any atom is 0.417 e. The van der Waals surface area contributed by atoms with E-state index in [0.29, 0.717) is 32.5 Å². The fourth-order valence-electron chi connectivity index (χ4n) is 3.38. The number of nitrogens with zero attached hydrogens (tertiary/aromatic N) is 3. The fraction of sp³-hybridized carbons (Fsp3) is 0.400. The Bertz CT molecular complexity index is 878. The van der Waals surface area contributed by atoms with E-state index >= 15 is 0 Å². The summed E-state index contributed by atoms with van der Waals surface area (Å²) in [4.78, 5) is 5.72. The zero-order valence-electron chi connectivity index (χ0n) is 15.5. The Labute approximate surface area is 171 Å². The van der Waals surface area contributed by atoms with Crippen LogP contribution in [-0.2, 0) is 6.18 Å². The Hall–Kier alpha value is -2.34. The van der Waals surface area contributed by atoms with Gasteiger partial charge in [-0.2, -0.15) is 18.4 Å². The predicted octanol–water partition coefficient (Wildman–Crippen LogP) is 3.92. The summed E-state index contributed by atoms with van der Waals surface area (Å²) in [6.07, 6.45) is -3.94. The summed E-state index contributed by atoms with van der Waals surface area (Å²) in [6, 6.07) is 11.8. The number of benzene rings is 1. The van der Waals surface area contributed by atoms with Crippen LogP contribution in [0.3, 0.4) is 0 Å². The van der Waals surface area contributed by atoms with E-state index in [0.717, 1.165) is 11.6 Å². The second-order valence-corrected chi connectivity index (χ2v) is 7.26. The number of piperidine rings is 1. The molecule has 0 amide bonds. The van der Waals surface area contributed by atoms with Crippen molar-refractivity contribution in [3.05, 3.63) is 58.2 Å². The number of aliphatic hydroxyl groups excluding tert-OH is 1. The van der Waals surface area contributed by atoms with Gasteiger partial charge in [-0.1, -0.05) is 41.9 Å². The van der Waals surface area contributed by atoms with Crippen LogP contribution in [0, 0.1) is 11.3 Å². The third kappa shape index (κ3) is 5.18. The number of nitrogens with one attached hydrogen (secondary N) is 1. The number of nitriles is 1. The van der Waals surface area contributed by atoms with E-state index in [9.17, 15) is 18.3 Å². The molecule has 0 radical (unpaired) electrons. The van der Waals surface area contributed by atoms with Gasteiger partial charge in [-0.05, 0) is 24.5 Å². The molecule has 0 aliphatic carbocycles. The SMILES string of the molecule is N#Cc1c(C(F)(F)F)cc(N2CCC(NCC(O)c3ccccc3)CC2)nc1Cl. The molecular formula is C20H20ClF3N4O. The molecule has 154 valence electrons. The molecule has 1 aromatic carbocycles. The molecule has 1 unspecified atom stereocenters.